The van der Waals surface area contributed by atoms with Gasteiger partial charge in [0, 0.05) is 18.8 Å². The van der Waals surface area contributed by atoms with E-state index in [2.05, 4.69) is 10.2 Å². The fourth-order valence-corrected chi connectivity index (χ4v) is 4.12. The van der Waals surface area contributed by atoms with Crippen LogP contribution in [0.4, 0.5) is 13.2 Å². The molecule has 3 aromatic rings. The van der Waals surface area contributed by atoms with E-state index in [4.69, 9.17) is 0 Å². The minimum atomic E-state index is -4.48. The molecule has 0 radical (unpaired) electrons. The van der Waals surface area contributed by atoms with Crippen LogP contribution >= 0.6 is 0 Å². The highest BCUT2D eigenvalue weighted by molar-refractivity contribution is 5.95. The molecule has 0 aliphatic heterocycles. The Morgan fingerprint density at radius 1 is 1.16 bits per heavy atom. The van der Waals surface area contributed by atoms with Gasteiger partial charge in [0.25, 0.3) is 5.91 Å². The van der Waals surface area contributed by atoms with Crippen LogP contribution in [0.3, 0.4) is 0 Å². The van der Waals surface area contributed by atoms with Crippen molar-refractivity contribution in [3.63, 3.8) is 0 Å². The van der Waals surface area contributed by atoms with E-state index >= 15 is 0 Å². The highest BCUT2D eigenvalue weighted by Crippen LogP contribution is 2.28. The summed E-state index contributed by atoms with van der Waals surface area (Å²) in [7, 11) is 0. The standard InChI is InChI=1S/C22H24F3N5O/c1-16-19(15-26-30(16)18-9-3-2-4-10-18)21(31)29(17-7-5-6-8-17)14-13-28-12-11-20(27-28)22(23,24)25/h2-4,9-12,15,17H,5-8,13-14H2,1H3. The average Bonchev–Trinajstić information content (AvgIpc) is 3.49. The number of carbonyl (C=O) groups is 1. The highest BCUT2D eigenvalue weighted by Gasteiger charge is 2.34. The number of halogens is 3. The lowest BCUT2D eigenvalue weighted by Crippen LogP contribution is -2.41. The van der Waals surface area contributed by atoms with Crippen LogP contribution in [0.5, 0.6) is 0 Å². The molecule has 1 aromatic carbocycles. The average molecular weight is 431 g/mol. The Kier molecular flexibility index (Phi) is 5.84. The van der Waals surface area contributed by atoms with Crippen molar-refractivity contribution in [1.82, 2.24) is 24.5 Å². The van der Waals surface area contributed by atoms with Gasteiger partial charge in [0.15, 0.2) is 5.69 Å². The maximum absolute atomic E-state index is 13.4. The molecule has 6 nitrogen and oxygen atoms in total. The van der Waals surface area contributed by atoms with Gasteiger partial charge in [-0.3, -0.25) is 9.48 Å². The van der Waals surface area contributed by atoms with Gasteiger partial charge in [-0.15, -0.1) is 0 Å². The summed E-state index contributed by atoms with van der Waals surface area (Å²) in [5.41, 5.74) is 1.18. The predicted octanol–water partition coefficient (Wildman–Crippen LogP) is 4.48. The normalized spacial score (nSPS) is 14.8. The lowest BCUT2D eigenvalue weighted by atomic mass is 10.1. The Balaban J connectivity index is 1.55. The molecule has 164 valence electrons. The molecular weight excluding hydrogens is 407 g/mol. The summed E-state index contributed by atoms with van der Waals surface area (Å²) >= 11 is 0. The number of aromatic nitrogens is 4. The van der Waals surface area contributed by atoms with Crippen LogP contribution in [0.25, 0.3) is 5.69 Å². The molecule has 1 aliphatic carbocycles. The fourth-order valence-electron chi connectivity index (χ4n) is 4.12. The number of alkyl halides is 3. The van der Waals surface area contributed by atoms with Gasteiger partial charge in [0.1, 0.15) is 0 Å². The van der Waals surface area contributed by atoms with Crippen LogP contribution < -0.4 is 0 Å². The topological polar surface area (TPSA) is 56.0 Å². The second-order valence-electron chi connectivity index (χ2n) is 7.79. The second-order valence-corrected chi connectivity index (χ2v) is 7.79. The molecule has 0 N–H and O–H groups in total. The summed E-state index contributed by atoms with van der Waals surface area (Å²) in [5.74, 6) is -0.144. The fraction of sp³-hybridized carbons (Fsp3) is 0.409. The van der Waals surface area contributed by atoms with E-state index in [1.54, 1.807) is 15.8 Å². The van der Waals surface area contributed by atoms with E-state index < -0.39 is 11.9 Å². The largest absolute Gasteiger partial charge is 0.435 e. The number of amides is 1. The second kappa shape index (κ2) is 8.56. The van der Waals surface area contributed by atoms with Gasteiger partial charge in [-0.2, -0.15) is 23.4 Å². The van der Waals surface area contributed by atoms with E-state index in [-0.39, 0.29) is 18.5 Å². The lowest BCUT2D eigenvalue weighted by molar-refractivity contribution is -0.141. The number of rotatable bonds is 6. The number of nitrogens with zero attached hydrogens (tertiary/aromatic N) is 5. The van der Waals surface area contributed by atoms with Crippen LogP contribution in [0, 0.1) is 6.92 Å². The summed E-state index contributed by atoms with van der Waals surface area (Å²) in [5, 5.41) is 8.00. The van der Waals surface area contributed by atoms with E-state index in [9.17, 15) is 18.0 Å². The van der Waals surface area contributed by atoms with E-state index in [1.165, 1.54) is 10.9 Å². The van der Waals surface area contributed by atoms with Crippen LogP contribution in [0.2, 0.25) is 0 Å². The van der Waals surface area contributed by atoms with Crippen molar-refractivity contribution in [2.45, 2.75) is 51.4 Å². The van der Waals surface area contributed by atoms with Crippen molar-refractivity contribution in [2.24, 2.45) is 0 Å². The summed E-state index contributed by atoms with van der Waals surface area (Å²) in [6, 6.07) is 10.6. The molecule has 4 rings (SSSR count). The molecule has 31 heavy (non-hydrogen) atoms. The van der Waals surface area contributed by atoms with Crippen LogP contribution in [-0.4, -0.2) is 43.0 Å². The Morgan fingerprint density at radius 3 is 2.52 bits per heavy atom. The van der Waals surface area contributed by atoms with Gasteiger partial charge in [-0.25, -0.2) is 4.68 Å². The van der Waals surface area contributed by atoms with E-state index in [0.29, 0.717) is 12.1 Å². The summed E-state index contributed by atoms with van der Waals surface area (Å²) in [4.78, 5) is 15.2. The molecule has 0 unspecified atom stereocenters. The maximum Gasteiger partial charge on any atom is 0.435 e. The van der Waals surface area contributed by atoms with E-state index in [1.807, 2.05) is 37.3 Å². The molecule has 0 saturated heterocycles. The minimum Gasteiger partial charge on any atom is -0.334 e. The van der Waals surface area contributed by atoms with Crippen molar-refractivity contribution in [3.8, 4) is 5.69 Å². The number of carbonyl (C=O) groups excluding carboxylic acids is 1. The van der Waals surface area contributed by atoms with Crippen molar-refractivity contribution in [2.75, 3.05) is 6.54 Å². The molecule has 1 saturated carbocycles. The minimum absolute atomic E-state index is 0.0737. The van der Waals surface area contributed by atoms with Gasteiger partial charge in [0.05, 0.1) is 29.7 Å². The van der Waals surface area contributed by atoms with Gasteiger partial charge >= 0.3 is 6.18 Å². The predicted molar refractivity (Wildman–Crippen MR) is 109 cm³/mol. The van der Waals surface area contributed by atoms with Crippen LogP contribution in [-0.2, 0) is 12.7 Å². The first-order valence-corrected chi connectivity index (χ1v) is 10.4. The van der Waals surface area contributed by atoms with Crippen LogP contribution in [0.1, 0.15) is 47.4 Å². The first-order valence-electron chi connectivity index (χ1n) is 10.4. The summed E-state index contributed by atoms with van der Waals surface area (Å²) in [6.07, 6.45) is 2.26. The quantitative estimate of drug-likeness (QED) is 0.578. The van der Waals surface area contributed by atoms with E-state index in [0.717, 1.165) is 43.1 Å². The van der Waals surface area contributed by atoms with Gasteiger partial charge in [-0.1, -0.05) is 31.0 Å². The van der Waals surface area contributed by atoms with Gasteiger partial charge in [-0.05, 0) is 38.0 Å². The molecule has 1 amide bonds. The molecule has 0 atom stereocenters. The molecule has 9 heteroatoms. The van der Waals surface area contributed by atoms with Gasteiger partial charge < -0.3 is 4.90 Å². The Labute approximate surface area is 178 Å². The van der Waals surface area contributed by atoms with Crippen molar-refractivity contribution < 1.29 is 18.0 Å². The molecule has 1 fully saturated rings. The molecule has 0 spiro atoms. The summed E-state index contributed by atoms with van der Waals surface area (Å²) < 4.78 is 41.5. The first-order chi connectivity index (χ1) is 14.8. The number of benzene rings is 1. The van der Waals surface area contributed by atoms with Crippen molar-refractivity contribution in [1.29, 1.82) is 0 Å². The number of hydrogen-bond donors (Lipinski definition) is 0. The zero-order valence-electron chi connectivity index (χ0n) is 17.2. The molecular formula is C22H24F3N5O. The third-order valence-corrected chi connectivity index (χ3v) is 5.77. The lowest BCUT2D eigenvalue weighted by Gasteiger charge is -2.29. The Bertz CT molecular complexity index is 1040. The smallest absolute Gasteiger partial charge is 0.334 e. The summed E-state index contributed by atoms with van der Waals surface area (Å²) in [6.45, 7) is 2.34. The van der Waals surface area contributed by atoms with Crippen molar-refractivity contribution in [3.05, 3.63) is 65.7 Å². The maximum atomic E-state index is 13.4. The third-order valence-electron chi connectivity index (χ3n) is 5.77. The monoisotopic (exact) mass is 431 g/mol. The third kappa shape index (κ3) is 4.50. The molecule has 0 bridgehead atoms. The molecule has 2 aromatic heterocycles. The number of hydrogen-bond acceptors (Lipinski definition) is 3. The number of para-hydroxylation sites is 1. The molecule has 1 aliphatic rings. The van der Waals surface area contributed by atoms with Crippen LogP contribution in [0.15, 0.2) is 48.8 Å². The molecule has 2 heterocycles. The van der Waals surface area contributed by atoms with Gasteiger partial charge in [0.2, 0.25) is 0 Å². The highest BCUT2D eigenvalue weighted by atomic mass is 19.4. The zero-order chi connectivity index (χ0) is 22.0. The Morgan fingerprint density at radius 2 is 1.87 bits per heavy atom. The SMILES string of the molecule is Cc1c(C(=O)N(CCn2ccc(C(F)(F)F)n2)C2CCCC2)cnn1-c1ccccc1. The zero-order valence-corrected chi connectivity index (χ0v) is 17.2. The Hall–Kier alpha value is -3.10. The van der Waals surface area contributed by atoms with Crippen molar-refractivity contribution >= 4 is 5.91 Å². The first kappa shape index (κ1) is 21.1.